The Kier molecular flexibility index (Phi) is 3.84. The number of para-hydroxylation sites is 2. The Bertz CT molecular complexity index is 707. The molecule has 0 aliphatic heterocycles. The van der Waals surface area contributed by atoms with Crippen molar-refractivity contribution in [1.82, 2.24) is 0 Å². The number of hydrogen-bond donors (Lipinski definition) is 1. The van der Waals surface area contributed by atoms with Crippen LogP contribution in [-0.2, 0) is 0 Å². The molecule has 0 spiro atoms. The molecule has 2 heteroatoms. The van der Waals surface area contributed by atoms with E-state index in [2.05, 4.69) is 69.8 Å². The third-order valence-electron chi connectivity index (χ3n) is 3.14. The van der Waals surface area contributed by atoms with E-state index in [-0.39, 0.29) is 0 Å². The third kappa shape index (κ3) is 2.75. The zero-order chi connectivity index (χ0) is 13.8. The summed E-state index contributed by atoms with van der Waals surface area (Å²) in [5.74, 6) is 0. The predicted octanol–water partition coefficient (Wildman–Crippen LogP) is 5.86. The second kappa shape index (κ2) is 5.93. The molecule has 3 rings (SSSR count). The van der Waals surface area contributed by atoms with E-state index in [4.69, 9.17) is 0 Å². The van der Waals surface area contributed by atoms with Gasteiger partial charge in [0.05, 0.1) is 0 Å². The SMILES string of the molecule is Brc1ccccc1-c1ccccc1Nc1ccccc1. The number of nitrogens with one attached hydrogen (secondary N) is 1. The fraction of sp³-hybridized carbons (Fsp3) is 0. The molecule has 0 amide bonds. The van der Waals surface area contributed by atoms with E-state index in [1.54, 1.807) is 0 Å². The summed E-state index contributed by atoms with van der Waals surface area (Å²) in [6, 6.07) is 26.8. The lowest BCUT2D eigenvalue weighted by molar-refractivity contribution is 1.52. The highest BCUT2D eigenvalue weighted by Gasteiger charge is 2.07. The molecule has 20 heavy (non-hydrogen) atoms. The molecule has 0 atom stereocenters. The number of halogens is 1. The summed E-state index contributed by atoms with van der Waals surface area (Å²) in [5.41, 5.74) is 4.56. The van der Waals surface area contributed by atoms with Crippen molar-refractivity contribution in [3.05, 3.63) is 83.3 Å². The van der Waals surface area contributed by atoms with Crippen LogP contribution in [0.2, 0.25) is 0 Å². The monoisotopic (exact) mass is 323 g/mol. The van der Waals surface area contributed by atoms with Crippen molar-refractivity contribution in [3.63, 3.8) is 0 Å². The van der Waals surface area contributed by atoms with Crippen LogP contribution in [0, 0.1) is 0 Å². The lowest BCUT2D eigenvalue weighted by Gasteiger charge is -2.13. The zero-order valence-corrected chi connectivity index (χ0v) is 12.5. The number of benzene rings is 3. The van der Waals surface area contributed by atoms with E-state index in [1.165, 1.54) is 11.1 Å². The average molecular weight is 324 g/mol. The first-order valence-corrected chi connectivity index (χ1v) is 7.30. The van der Waals surface area contributed by atoms with E-state index < -0.39 is 0 Å². The van der Waals surface area contributed by atoms with Gasteiger partial charge in [-0.05, 0) is 29.8 Å². The minimum absolute atomic E-state index is 1.09. The molecule has 3 aromatic carbocycles. The van der Waals surface area contributed by atoms with E-state index in [0.717, 1.165) is 15.8 Å². The Balaban J connectivity index is 2.03. The summed E-state index contributed by atoms with van der Waals surface area (Å²) in [5, 5.41) is 3.48. The molecule has 98 valence electrons. The highest BCUT2D eigenvalue weighted by molar-refractivity contribution is 9.10. The van der Waals surface area contributed by atoms with Gasteiger partial charge < -0.3 is 5.32 Å². The molecule has 0 unspecified atom stereocenters. The van der Waals surface area contributed by atoms with E-state index in [0.29, 0.717) is 0 Å². The van der Waals surface area contributed by atoms with Crippen molar-refractivity contribution < 1.29 is 0 Å². The van der Waals surface area contributed by atoms with Crippen LogP contribution < -0.4 is 5.32 Å². The molecule has 0 saturated heterocycles. The quantitative estimate of drug-likeness (QED) is 0.636. The van der Waals surface area contributed by atoms with Crippen LogP contribution in [0.15, 0.2) is 83.3 Å². The van der Waals surface area contributed by atoms with Crippen molar-refractivity contribution in [2.24, 2.45) is 0 Å². The van der Waals surface area contributed by atoms with Crippen LogP contribution in [0.5, 0.6) is 0 Å². The van der Waals surface area contributed by atoms with Gasteiger partial charge in [-0.25, -0.2) is 0 Å². The molecule has 0 aliphatic carbocycles. The molecule has 0 heterocycles. The van der Waals surface area contributed by atoms with Crippen molar-refractivity contribution in [1.29, 1.82) is 0 Å². The minimum Gasteiger partial charge on any atom is -0.355 e. The van der Waals surface area contributed by atoms with Crippen LogP contribution in [0.25, 0.3) is 11.1 Å². The molecular weight excluding hydrogens is 310 g/mol. The molecule has 0 aromatic heterocycles. The minimum atomic E-state index is 1.09. The second-order valence-corrected chi connectivity index (χ2v) is 5.37. The lowest BCUT2D eigenvalue weighted by Crippen LogP contribution is -1.93. The highest BCUT2D eigenvalue weighted by Crippen LogP contribution is 2.34. The number of rotatable bonds is 3. The molecule has 0 aliphatic rings. The van der Waals surface area contributed by atoms with Crippen molar-refractivity contribution in [3.8, 4) is 11.1 Å². The van der Waals surface area contributed by atoms with E-state index in [1.807, 2.05) is 30.3 Å². The van der Waals surface area contributed by atoms with Gasteiger partial charge in [0.25, 0.3) is 0 Å². The number of anilines is 2. The Morgan fingerprint density at radius 3 is 1.95 bits per heavy atom. The van der Waals surface area contributed by atoms with Crippen molar-refractivity contribution in [2.45, 2.75) is 0 Å². The average Bonchev–Trinajstić information content (AvgIpc) is 2.50. The largest absolute Gasteiger partial charge is 0.355 e. The summed E-state index contributed by atoms with van der Waals surface area (Å²) >= 11 is 3.62. The third-order valence-corrected chi connectivity index (χ3v) is 3.84. The van der Waals surface area contributed by atoms with Gasteiger partial charge in [-0.3, -0.25) is 0 Å². The molecule has 1 nitrogen and oxygen atoms in total. The second-order valence-electron chi connectivity index (χ2n) is 4.52. The first-order valence-electron chi connectivity index (χ1n) is 6.50. The van der Waals surface area contributed by atoms with Gasteiger partial charge >= 0.3 is 0 Å². The molecular formula is C18H14BrN. The lowest BCUT2D eigenvalue weighted by atomic mass is 10.0. The molecule has 1 N–H and O–H groups in total. The van der Waals surface area contributed by atoms with Gasteiger partial charge in [0.15, 0.2) is 0 Å². The van der Waals surface area contributed by atoms with Crippen molar-refractivity contribution in [2.75, 3.05) is 5.32 Å². The van der Waals surface area contributed by atoms with Crippen LogP contribution in [0.1, 0.15) is 0 Å². The topological polar surface area (TPSA) is 12.0 Å². The first kappa shape index (κ1) is 12.9. The molecule has 3 aromatic rings. The normalized spacial score (nSPS) is 10.2. The smallest absolute Gasteiger partial charge is 0.0464 e. The molecule has 0 radical (unpaired) electrons. The highest BCUT2D eigenvalue weighted by atomic mass is 79.9. The first-order chi connectivity index (χ1) is 9.84. The van der Waals surface area contributed by atoms with Gasteiger partial charge in [-0.1, -0.05) is 70.5 Å². The van der Waals surface area contributed by atoms with Gasteiger partial charge in [0, 0.05) is 21.4 Å². The van der Waals surface area contributed by atoms with Gasteiger partial charge in [0.2, 0.25) is 0 Å². The molecule has 0 bridgehead atoms. The Labute approximate surface area is 127 Å². The summed E-state index contributed by atoms with van der Waals surface area (Å²) in [6.45, 7) is 0. The summed E-state index contributed by atoms with van der Waals surface area (Å²) in [4.78, 5) is 0. The Hall–Kier alpha value is -2.06. The number of hydrogen-bond acceptors (Lipinski definition) is 1. The maximum Gasteiger partial charge on any atom is 0.0464 e. The summed E-state index contributed by atoms with van der Waals surface area (Å²) in [7, 11) is 0. The maximum absolute atomic E-state index is 3.62. The van der Waals surface area contributed by atoms with Crippen LogP contribution in [-0.4, -0.2) is 0 Å². The standard InChI is InChI=1S/C18H14BrN/c19-17-12-6-4-10-15(17)16-11-5-7-13-18(16)20-14-8-2-1-3-9-14/h1-13,20H. The van der Waals surface area contributed by atoms with E-state index in [9.17, 15) is 0 Å². The van der Waals surface area contributed by atoms with Gasteiger partial charge in [-0.15, -0.1) is 0 Å². The molecule has 0 saturated carbocycles. The Morgan fingerprint density at radius 2 is 1.20 bits per heavy atom. The van der Waals surface area contributed by atoms with Gasteiger partial charge in [0.1, 0.15) is 0 Å². The van der Waals surface area contributed by atoms with Gasteiger partial charge in [-0.2, -0.15) is 0 Å². The predicted molar refractivity (Wildman–Crippen MR) is 89.3 cm³/mol. The van der Waals surface area contributed by atoms with Crippen LogP contribution >= 0.6 is 15.9 Å². The van der Waals surface area contributed by atoms with Crippen LogP contribution in [0.4, 0.5) is 11.4 Å². The van der Waals surface area contributed by atoms with Crippen LogP contribution in [0.3, 0.4) is 0 Å². The molecule has 0 fully saturated rings. The Morgan fingerprint density at radius 1 is 0.600 bits per heavy atom. The fourth-order valence-corrected chi connectivity index (χ4v) is 2.68. The summed E-state index contributed by atoms with van der Waals surface area (Å²) < 4.78 is 1.10. The van der Waals surface area contributed by atoms with E-state index >= 15 is 0 Å². The fourth-order valence-electron chi connectivity index (χ4n) is 2.18. The maximum atomic E-state index is 3.62. The summed E-state index contributed by atoms with van der Waals surface area (Å²) in [6.07, 6.45) is 0. The zero-order valence-electron chi connectivity index (χ0n) is 10.9. The van der Waals surface area contributed by atoms with Crippen molar-refractivity contribution >= 4 is 27.3 Å².